The fraction of sp³-hybridized carbons (Fsp3) is 0.167. The third kappa shape index (κ3) is 1.82. The minimum absolute atomic E-state index is 0.198. The van der Waals surface area contributed by atoms with Crippen LogP contribution >= 0.6 is 0 Å². The second-order valence-electron chi connectivity index (χ2n) is 3.89. The molecule has 1 N–H and O–H groups in total. The summed E-state index contributed by atoms with van der Waals surface area (Å²) in [5.74, 6) is 0.627. The molecule has 0 aliphatic carbocycles. The van der Waals surface area contributed by atoms with Gasteiger partial charge >= 0.3 is 0 Å². The number of benzene rings is 1. The van der Waals surface area contributed by atoms with E-state index in [2.05, 4.69) is 20.1 Å². The fourth-order valence-corrected chi connectivity index (χ4v) is 1.62. The van der Waals surface area contributed by atoms with Crippen molar-refractivity contribution in [1.29, 1.82) is 0 Å². The highest BCUT2D eigenvalue weighted by Crippen LogP contribution is 2.21. The lowest BCUT2D eigenvalue weighted by Crippen LogP contribution is -1.90. The van der Waals surface area contributed by atoms with E-state index < -0.39 is 6.10 Å². The molecule has 0 bridgehead atoms. The van der Waals surface area contributed by atoms with Crippen molar-refractivity contribution < 1.29 is 9.63 Å². The first-order chi connectivity index (χ1) is 8.74. The van der Waals surface area contributed by atoms with E-state index in [9.17, 15) is 5.11 Å². The molecule has 2 heterocycles. The number of nitrogens with zero attached hydrogens (tertiary/aromatic N) is 4. The third-order valence-electron chi connectivity index (χ3n) is 2.53. The van der Waals surface area contributed by atoms with Gasteiger partial charge in [-0.1, -0.05) is 5.16 Å². The molecule has 0 fully saturated rings. The Morgan fingerprint density at radius 3 is 2.67 bits per heavy atom. The maximum atomic E-state index is 9.34. The predicted molar refractivity (Wildman–Crippen MR) is 63.5 cm³/mol. The van der Waals surface area contributed by atoms with Crippen LogP contribution in [-0.4, -0.2) is 25.2 Å². The maximum absolute atomic E-state index is 9.34. The van der Waals surface area contributed by atoms with Crippen molar-refractivity contribution in [3.63, 3.8) is 0 Å². The second kappa shape index (κ2) is 4.15. The van der Waals surface area contributed by atoms with Crippen molar-refractivity contribution in [2.45, 2.75) is 13.0 Å². The zero-order chi connectivity index (χ0) is 12.5. The van der Waals surface area contributed by atoms with E-state index in [0.29, 0.717) is 5.82 Å². The van der Waals surface area contributed by atoms with Gasteiger partial charge in [-0.05, 0) is 25.1 Å². The SMILES string of the molecule is CC(O)c1nc(-c2ccc3nccnc3c2)no1. The average Bonchev–Trinajstić information content (AvgIpc) is 2.88. The van der Waals surface area contributed by atoms with Gasteiger partial charge in [0, 0.05) is 18.0 Å². The zero-order valence-corrected chi connectivity index (χ0v) is 9.61. The summed E-state index contributed by atoms with van der Waals surface area (Å²) in [6.07, 6.45) is 2.50. The first kappa shape index (κ1) is 10.8. The van der Waals surface area contributed by atoms with Crippen molar-refractivity contribution in [2.24, 2.45) is 0 Å². The van der Waals surface area contributed by atoms with Crippen LogP contribution in [0, 0.1) is 0 Å². The summed E-state index contributed by atoms with van der Waals surface area (Å²) in [7, 11) is 0. The van der Waals surface area contributed by atoms with Crippen molar-refractivity contribution in [3.8, 4) is 11.4 Å². The molecule has 0 aliphatic rings. The summed E-state index contributed by atoms with van der Waals surface area (Å²) in [5.41, 5.74) is 2.34. The lowest BCUT2D eigenvalue weighted by molar-refractivity contribution is 0.152. The number of hydrogen-bond donors (Lipinski definition) is 1. The molecular formula is C12H10N4O2. The van der Waals surface area contributed by atoms with Gasteiger partial charge in [0.1, 0.15) is 6.10 Å². The van der Waals surface area contributed by atoms with Crippen LogP contribution < -0.4 is 0 Å². The van der Waals surface area contributed by atoms with E-state index in [1.54, 1.807) is 19.3 Å². The minimum atomic E-state index is -0.772. The molecule has 1 unspecified atom stereocenters. The van der Waals surface area contributed by atoms with Gasteiger partial charge in [-0.3, -0.25) is 9.97 Å². The van der Waals surface area contributed by atoms with Gasteiger partial charge in [0.15, 0.2) is 0 Å². The molecule has 18 heavy (non-hydrogen) atoms. The highest BCUT2D eigenvalue weighted by Gasteiger charge is 2.13. The molecule has 90 valence electrons. The van der Waals surface area contributed by atoms with Crippen molar-refractivity contribution in [2.75, 3.05) is 0 Å². The third-order valence-corrected chi connectivity index (χ3v) is 2.53. The van der Waals surface area contributed by atoms with Gasteiger partial charge in [0.25, 0.3) is 5.89 Å². The topological polar surface area (TPSA) is 84.9 Å². The number of fused-ring (bicyclic) bond motifs is 1. The highest BCUT2D eigenvalue weighted by atomic mass is 16.5. The molecule has 0 aliphatic heterocycles. The van der Waals surface area contributed by atoms with E-state index in [1.165, 1.54) is 0 Å². The normalized spacial score (nSPS) is 12.8. The van der Waals surface area contributed by atoms with Crippen LogP contribution in [0.15, 0.2) is 35.1 Å². The molecular weight excluding hydrogens is 232 g/mol. The standard InChI is InChI=1S/C12H10N4O2/c1-7(17)12-15-11(16-18-12)8-2-3-9-10(6-8)14-5-4-13-9/h2-7,17H,1H3. The molecule has 6 nitrogen and oxygen atoms in total. The Morgan fingerprint density at radius 2 is 1.94 bits per heavy atom. The first-order valence-corrected chi connectivity index (χ1v) is 5.47. The number of rotatable bonds is 2. The molecule has 2 aromatic heterocycles. The molecule has 0 amide bonds. The fourth-order valence-electron chi connectivity index (χ4n) is 1.62. The van der Waals surface area contributed by atoms with Crippen LogP contribution in [0.4, 0.5) is 0 Å². The van der Waals surface area contributed by atoms with E-state index in [1.807, 2.05) is 18.2 Å². The molecule has 1 aromatic carbocycles. The molecule has 0 saturated heterocycles. The number of aliphatic hydroxyl groups is 1. The molecule has 3 rings (SSSR count). The second-order valence-corrected chi connectivity index (χ2v) is 3.89. The smallest absolute Gasteiger partial charge is 0.255 e. The quantitative estimate of drug-likeness (QED) is 0.736. The Labute approximate surface area is 102 Å². The van der Waals surface area contributed by atoms with Crippen molar-refractivity contribution >= 4 is 11.0 Å². The lowest BCUT2D eigenvalue weighted by Gasteiger charge is -1.97. The number of aliphatic hydroxyl groups excluding tert-OH is 1. The average molecular weight is 242 g/mol. The Hall–Kier alpha value is -2.34. The Bertz CT molecular complexity index is 693. The predicted octanol–water partition coefficient (Wildman–Crippen LogP) is 1.73. The number of aromatic nitrogens is 4. The van der Waals surface area contributed by atoms with Gasteiger partial charge in [0.05, 0.1) is 11.0 Å². The van der Waals surface area contributed by atoms with Gasteiger partial charge < -0.3 is 9.63 Å². The Kier molecular flexibility index (Phi) is 2.49. The van der Waals surface area contributed by atoms with Gasteiger partial charge in [-0.25, -0.2) is 0 Å². The molecule has 1 atom stereocenters. The summed E-state index contributed by atoms with van der Waals surface area (Å²) in [6, 6.07) is 5.52. The Balaban J connectivity index is 2.07. The first-order valence-electron chi connectivity index (χ1n) is 5.47. The van der Waals surface area contributed by atoms with E-state index in [0.717, 1.165) is 16.6 Å². The molecule has 0 spiro atoms. The van der Waals surface area contributed by atoms with Crippen LogP contribution in [0.5, 0.6) is 0 Å². The van der Waals surface area contributed by atoms with Crippen molar-refractivity contribution in [1.82, 2.24) is 20.1 Å². The highest BCUT2D eigenvalue weighted by molar-refractivity contribution is 5.79. The summed E-state index contributed by atoms with van der Waals surface area (Å²) in [4.78, 5) is 12.5. The monoisotopic (exact) mass is 242 g/mol. The van der Waals surface area contributed by atoms with Crippen LogP contribution in [0.2, 0.25) is 0 Å². The number of hydrogen-bond acceptors (Lipinski definition) is 6. The van der Waals surface area contributed by atoms with Gasteiger partial charge in [-0.15, -0.1) is 0 Å². The summed E-state index contributed by atoms with van der Waals surface area (Å²) in [6.45, 7) is 1.57. The summed E-state index contributed by atoms with van der Waals surface area (Å²) in [5, 5.41) is 13.2. The van der Waals surface area contributed by atoms with E-state index in [-0.39, 0.29) is 5.89 Å². The molecule has 6 heteroatoms. The largest absolute Gasteiger partial charge is 0.384 e. The van der Waals surface area contributed by atoms with Crippen LogP contribution in [0.3, 0.4) is 0 Å². The van der Waals surface area contributed by atoms with E-state index in [4.69, 9.17) is 4.52 Å². The lowest BCUT2D eigenvalue weighted by atomic mass is 10.2. The van der Waals surface area contributed by atoms with Crippen LogP contribution in [-0.2, 0) is 0 Å². The molecule has 0 saturated carbocycles. The molecule has 0 radical (unpaired) electrons. The Morgan fingerprint density at radius 1 is 1.17 bits per heavy atom. The van der Waals surface area contributed by atoms with E-state index >= 15 is 0 Å². The van der Waals surface area contributed by atoms with Gasteiger partial charge in [0.2, 0.25) is 5.82 Å². The van der Waals surface area contributed by atoms with Gasteiger partial charge in [-0.2, -0.15) is 4.98 Å². The zero-order valence-electron chi connectivity index (χ0n) is 9.61. The maximum Gasteiger partial charge on any atom is 0.255 e. The summed E-state index contributed by atoms with van der Waals surface area (Å²) < 4.78 is 4.95. The summed E-state index contributed by atoms with van der Waals surface area (Å²) >= 11 is 0. The van der Waals surface area contributed by atoms with Crippen molar-refractivity contribution in [3.05, 3.63) is 36.5 Å². The van der Waals surface area contributed by atoms with Crippen LogP contribution in [0.1, 0.15) is 18.9 Å². The minimum Gasteiger partial charge on any atom is -0.384 e. The molecule has 3 aromatic rings. The van der Waals surface area contributed by atoms with Crippen LogP contribution in [0.25, 0.3) is 22.4 Å².